The fraction of sp³-hybridized carbons (Fsp3) is 0.158. The van der Waals surface area contributed by atoms with E-state index in [0.717, 1.165) is 11.0 Å². The Morgan fingerprint density at radius 3 is 2.80 bits per heavy atom. The Hall–Kier alpha value is -2.60. The third-order valence-corrected chi connectivity index (χ3v) is 5.18. The molecule has 2 aromatic rings. The highest BCUT2D eigenvalue weighted by Gasteiger charge is 2.28. The fourth-order valence-corrected chi connectivity index (χ4v) is 3.80. The topological polar surface area (TPSA) is 58.2 Å². The monoisotopic (exact) mass is 356 g/mol. The number of anilines is 2. The van der Waals surface area contributed by atoms with Crippen LogP contribution in [0.1, 0.15) is 11.1 Å². The lowest BCUT2D eigenvalue weighted by Gasteiger charge is -2.12. The molecular formula is C19H17FN2O2S. The van der Waals surface area contributed by atoms with E-state index >= 15 is 0 Å². The van der Waals surface area contributed by atoms with Gasteiger partial charge >= 0.3 is 0 Å². The molecule has 2 N–H and O–H groups in total. The number of halogens is 1. The van der Waals surface area contributed by atoms with E-state index in [-0.39, 0.29) is 16.8 Å². The molecule has 0 bridgehead atoms. The van der Waals surface area contributed by atoms with Gasteiger partial charge in [-0.3, -0.25) is 9.59 Å². The summed E-state index contributed by atoms with van der Waals surface area (Å²) in [6, 6.07) is 10.2. The standard InChI is InChI=1S/C19H17FN2O2S/c1-3-18(23)22-15-10-13(5-6-14(15)20)21-19(24)17-9-12-8-11(2)4-7-16(12)25-17/h3-8,10,17H,1,9H2,2H3,(H,21,24)(H,22,23). The molecule has 2 amide bonds. The maximum atomic E-state index is 13.8. The summed E-state index contributed by atoms with van der Waals surface area (Å²) < 4.78 is 13.8. The number of carbonyl (C=O) groups is 2. The predicted molar refractivity (Wildman–Crippen MR) is 98.4 cm³/mol. The number of hydrogen-bond acceptors (Lipinski definition) is 3. The second-order valence-corrected chi connectivity index (χ2v) is 7.04. The van der Waals surface area contributed by atoms with Crippen LogP contribution in [-0.4, -0.2) is 17.1 Å². The third-order valence-electron chi connectivity index (χ3n) is 3.86. The first kappa shape index (κ1) is 17.2. The number of nitrogens with one attached hydrogen (secondary N) is 2. The highest BCUT2D eigenvalue weighted by atomic mass is 32.2. The van der Waals surface area contributed by atoms with Crippen molar-refractivity contribution in [3.8, 4) is 0 Å². The van der Waals surface area contributed by atoms with Crippen LogP contribution in [0, 0.1) is 12.7 Å². The van der Waals surface area contributed by atoms with Crippen LogP contribution in [0.2, 0.25) is 0 Å². The van der Waals surface area contributed by atoms with E-state index in [1.54, 1.807) is 0 Å². The number of carbonyl (C=O) groups excluding carboxylic acids is 2. The molecule has 1 heterocycles. The molecule has 4 nitrogen and oxygen atoms in total. The van der Waals surface area contributed by atoms with Crippen LogP contribution in [0.3, 0.4) is 0 Å². The van der Waals surface area contributed by atoms with E-state index in [1.807, 2.05) is 19.1 Å². The number of thioether (sulfide) groups is 1. The van der Waals surface area contributed by atoms with Crippen LogP contribution in [0.15, 0.2) is 53.9 Å². The molecular weight excluding hydrogens is 339 g/mol. The van der Waals surface area contributed by atoms with Gasteiger partial charge in [-0.1, -0.05) is 24.3 Å². The summed E-state index contributed by atoms with van der Waals surface area (Å²) in [5, 5.41) is 4.93. The second-order valence-electron chi connectivity index (χ2n) is 5.80. The quantitative estimate of drug-likeness (QED) is 0.817. The summed E-state index contributed by atoms with van der Waals surface area (Å²) in [5.41, 5.74) is 2.77. The van der Waals surface area contributed by atoms with Crippen LogP contribution >= 0.6 is 11.8 Å². The maximum Gasteiger partial charge on any atom is 0.247 e. The number of hydrogen-bond donors (Lipinski definition) is 2. The molecule has 0 radical (unpaired) electrons. The number of fused-ring (bicyclic) bond motifs is 1. The Bertz CT molecular complexity index is 866. The summed E-state index contributed by atoms with van der Waals surface area (Å²) >= 11 is 1.52. The molecule has 0 aromatic heterocycles. The highest BCUT2D eigenvalue weighted by molar-refractivity contribution is 8.01. The van der Waals surface area contributed by atoms with E-state index in [4.69, 9.17) is 0 Å². The SMILES string of the molecule is C=CC(=O)Nc1cc(NC(=O)C2Cc3cc(C)ccc3S2)ccc1F. The van der Waals surface area contributed by atoms with Crippen molar-refractivity contribution in [3.63, 3.8) is 0 Å². The van der Waals surface area contributed by atoms with Crippen molar-refractivity contribution in [2.24, 2.45) is 0 Å². The van der Waals surface area contributed by atoms with Crippen LogP contribution < -0.4 is 10.6 Å². The molecule has 1 aliphatic heterocycles. The van der Waals surface area contributed by atoms with E-state index in [0.29, 0.717) is 12.1 Å². The van der Waals surface area contributed by atoms with Gasteiger partial charge in [0.25, 0.3) is 0 Å². The lowest BCUT2D eigenvalue weighted by molar-refractivity contribution is -0.115. The number of aryl methyl sites for hydroxylation is 1. The van der Waals surface area contributed by atoms with Crippen molar-refractivity contribution >= 4 is 35.0 Å². The van der Waals surface area contributed by atoms with Crippen molar-refractivity contribution in [1.82, 2.24) is 0 Å². The summed E-state index contributed by atoms with van der Waals surface area (Å²) in [7, 11) is 0. The normalized spacial score (nSPS) is 15.4. The Morgan fingerprint density at radius 1 is 1.24 bits per heavy atom. The lowest BCUT2D eigenvalue weighted by Crippen LogP contribution is -2.24. The first-order valence-corrected chi connectivity index (χ1v) is 8.64. The first-order valence-electron chi connectivity index (χ1n) is 7.76. The molecule has 0 fully saturated rings. The number of benzene rings is 2. The fourth-order valence-electron chi connectivity index (χ4n) is 2.63. The molecule has 3 rings (SSSR count). The molecule has 2 aromatic carbocycles. The van der Waals surface area contributed by atoms with Gasteiger partial charge in [-0.15, -0.1) is 11.8 Å². The molecule has 0 saturated heterocycles. The van der Waals surface area contributed by atoms with Gasteiger partial charge in [0.15, 0.2) is 0 Å². The molecule has 1 atom stereocenters. The van der Waals surface area contributed by atoms with E-state index < -0.39 is 11.7 Å². The Balaban J connectivity index is 1.70. The van der Waals surface area contributed by atoms with Gasteiger partial charge in [0.2, 0.25) is 11.8 Å². The molecule has 1 aliphatic rings. The van der Waals surface area contributed by atoms with Gasteiger partial charge in [0, 0.05) is 10.6 Å². The van der Waals surface area contributed by atoms with Crippen molar-refractivity contribution < 1.29 is 14.0 Å². The van der Waals surface area contributed by atoms with E-state index in [2.05, 4.69) is 23.3 Å². The molecule has 128 valence electrons. The molecule has 6 heteroatoms. The summed E-state index contributed by atoms with van der Waals surface area (Å²) in [5.74, 6) is -1.24. The summed E-state index contributed by atoms with van der Waals surface area (Å²) in [4.78, 5) is 25.0. The average Bonchev–Trinajstić information content (AvgIpc) is 3.01. The summed E-state index contributed by atoms with van der Waals surface area (Å²) in [6.45, 7) is 5.35. The zero-order valence-corrected chi connectivity index (χ0v) is 14.5. The molecule has 0 saturated carbocycles. The van der Waals surface area contributed by atoms with Gasteiger partial charge in [-0.25, -0.2) is 4.39 Å². The van der Waals surface area contributed by atoms with E-state index in [1.165, 1.54) is 41.1 Å². The van der Waals surface area contributed by atoms with E-state index in [9.17, 15) is 14.0 Å². The van der Waals surface area contributed by atoms with Gasteiger partial charge in [0.05, 0.1) is 10.9 Å². The molecule has 25 heavy (non-hydrogen) atoms. The minimum absolute atomic E-state index is 0.000635. The van der Waals surface area contributed by atoms with Gasteiger partial charge in [-0.2, -0.15) is 0 Å². The van der Waals surface area contributed by atoms with Crippen LogP contribution in [0.4, 0.5) is 15.8 Å². The number of rotatable bonds is 4. The Labute approximate surface area is 149 Å². The second kappa shape index (κ2) is 7.11. The zero-order valence-electron chi connectivity index (χ0n) is 13.6. The van der Waals surface area contributed by atoms with Crippen molar-refractivity contribution in [3.05, 3.63) is 66.0 Å². The maximum absolute atomic E-state index is 13.8. The predicted octanol–water partition coefficient (Wildman–Crippen LogP) is 3.91. The molecule has 0 aliphatic carbocycles. The first-order chi connectivity index (χ1) is 12.0. The van der Waals surface area contributed by atoms with Crippen LogP contribution in [-0.2, 0) is 16.0 Å². The zero-order chi connectivity index (χ0) is 18.0. The number of amides is 2. The Kier molecular flexibility index (Phi) is 4.90. The van der Waals surface area contributed by atoms with Gasteiger partial charge in [-0.05, 0) is 49.2 Å². The average molecular weight is 356 g/mol. The lowest BCUT2D eigenvalue weighted by atomic mass is 10.1. The van der Waals surface area contributed by atoms with Crippen LogP contribution in [0.5, 0.6) is 0 Å². The molecule has 1 unspecified atom stereocenters. The van der Waals surface area contributed by atoms with Gasteiger partial charge < -0.3 is 10.6 Å². The summed E-state index contributed by atoms with van der Waals surface area (Å²) in [6.07, 6.45) is 1.72. The Morgan fingerprint density at radius 2 is 2.04 bits per heavy atom. The van der Waals surface area contributed by atoms with Gasteiger partial charge in [0.1, 0.15) is 5.82 Å². The minimum atomic E-state index is -0.577. The highest BCUT2D eigenvalue weighted by Crippen LogP contribution is 2.38. The smallest absolute Gasteiger partial charge is 0.247 e. The van der Waals surface area contributed by atoms with Crippen molar-refractivity contribution in [1.29, 1.82) is 0 Å². The van der Waals surface area contributed by atoms with Crippen LogP contribution in [0.25, 0.3) is 0 Å². The van der Waals surface area contributed by atoms with Crippen molar-refractivity contribution in [2.75, 3.05) is 10.6 Å². The molecule has 0 spiro atoms. The minimum Gasteiger partial charge on any atom is -0.325 e. The largest absolute Gasteiger partial charge is 0.325 e. The van der Waals surface area contributed by atoms with Crippen molar-refractivity contribution in [2.45, 2.75) is 23.5 Å². The third kappa shape index (κ3) is 3.91.